The molecule has 0 aromatic heterocycles. The largest absolute Gasteiger partial charge is 2.00 e. The van der Waals surface area contributed by atoms with E-state index in [0.717, 1.165) is 32.3 Å². The minimum absolute atomic E-state index is 0. The van der Waals surface area contributed by atoms with Crippen LogP contribution in [0.2, 0.25) is 0 Å². The Kier molecular flexibility index (Phi) is 28.4. The molecule has 0 aromatic rings. The zero-order valence-corrected chi connectivity index (χ0v) is 17.6. The van der Waals surface area contributed by atoms with E-state index in [0.29, 0.717) is 5.92 Å². The summed E-state index contributed by atoms with van der Waals surface area (Å²) in [6, 6.07) is 0. The molecule has 2 nitrogen and oxygen atoms in total. The van der Waals surface area contributed by atoms with Gasteiger partial charge in [0.15, 0.2) is 0 Å². The number of hydrogen-bond donors (Lipinski definition) is 0. The standard InChI is InChI=1S/C7H12O.C6H11.C4H8O.CH3F.BrH.Mg/c8-6-7-4-2-1-3-5-7;1-2-4-6-5-3-1;1-2-4-5-3-1;1-2;;/h6-7H,1-5H2;1H,2-6H2;1-4H2;1H3;1H;/q;-1;;;;+2/p-1/i;;;1D;;. The molecule has 1 heterocycles. The van der Waals surface area contributed by atoms with Gasteiger partial charge in [0, 0.05) is 19.1 Å². The fourth-order valence-corrected chi connectivity index (χ4v) is 2.68. The Bertz CT molecular complexity index is 206. The van der Waals surface area contributed by atoms with Crippen LogP contribution in [0.25, 0.3) is 0 Å². The molecule has 0 amide bonds. The second-order valence-corrected chi connectivity index (χ2v) is 5.78. The van der Waals surface area contributed by atoms with Gasteiger partial charge in [0.25, 0.3) is 0 Å². The number of hydrogen-bond acceptors (Lipinski definition) is 2. The van der Waals surface area contributed by atoms with Gasteiger partial charge in [-0.2, -0.15) is 12.8 Å². The van der Waals surface area contributed by atoms with Crippen LogP contribution in [-0.2, 0) is 9.53 Å². The molecule has 2 saturated carbocycles. The first kappa shape index (κ1) is 26.0. The molecule has 3 rings (SSSR count). The van der Waals surface area contributed by atoms with Gasteiger partial charge in [-0.15, -0.1) is 0 Å². The van der Waals surface area contributed by atoms with Crippen LogP contribution in [0.1, 0.15) is 78.4 Å². The first-order valence-electron chi connectivity index (χ1n) is 9.25. The molecule has 0 aromatic carbocycles. The number of halogens is 2. The molecular formula is C18H34BrFMgO2. The third-order valence-corrected chi connectivity index (χ3v) is 3.99. The summed E-state index contributed by atoms with van der Waals surface area (Å²) in [5.74, 6) is 0.406. The smallest absolute Gasteiger partial charge is 1.00 e. The number of rotatable bonds is 1. The van der Waals surface area contributed by atoms with Crippen LogP contribution in [0.3, 0.4) is 0 Å². The van der Waals surface area contributed by atoms with E-state index in [1.165, 1.54) is 64.2 Å². The van der Waals surface area contributed by atoms with Gasteiger partial charge >= 0.3 is 23.1 Å². The zero-order valence-electron chi connectivity index (χ0n) is 15.6. The number of carbonyl (C=O) groups excluding carboxylic acids is 1. The molecule has 3 aliphatic rings. The van der Waals surface area contributed by atoms with Crippen LogP contribution < -0.4 is 17.0 Å². The molecule has 0 atom stereocenters. The number of ether oxygens (including phenoxy) is 1. The maximum Gasteiger partial charge on any atom is 2.00 e. The van der Waals surface area contributed by atoms with E-state index in [9.17, 15) is 9.18 Å². The molecule has 23 heavy (non-hydrogen) atoms. The van der Waals surface area contributed by atoms with E-state index in [-0.39, 0.29) is 40.0 Å². The second-order valence-electron chi connectivity index (χ2n) is 5.78. The first-order chi connectivity index (χ1) is 10.8. The minimum atomic E-state index is -1.00. The Balaban J connectivity index is -0.000000250. The number of alkyl halides is 1. The molecule has 0 bridgehead atoms. The molecule has 1 aliphatic heterocycles. The van der Waals surface area contributed by atoms with Crippen LogP contribution in [-0.4, -0.2) is 49.7 Å². The second kappa shape index (κ2) is 25.1. The Morgan fingerprint density at radius 3 is 1.70 bits per heavy atom. The molecule has 134 valence electrons. The average Bonchev–Trinajstić information content (AvgIpc) is 3.18. The van der Waals surface area contributed by atoms with Crippen molar-refractivity contribution < 1.29 is 32.3 Å². The summed E-state index contributed by atoms with van der Waals surface area (Å²) in [4.78, 5) is 10.2. The van der Waals surface area contributed by atoms with Crippen molar-refractivity contribution in [1.82, 2.24) is 0 Å². The monoisotopic (exact) mass is 405 g/mol. The first-order valence-corrected chi connectivity index (χ1v) is 8.55. The van der Waals surface area contributed by atoms with Gasteiger partial charge in [0.05, 0.1) is 8.52 Å². The molecule has 1 saturated heterocycles. The van der Waals surface area contributed by atoms with Crippen molar-refractivity contribution >= 4 is 29.3 Å². The minimum Gasteiger partial charge on any atom is -1.00 e. The predicted octanol–water partition coefficient (Wildman–Crippen LogP) is 1.93. The third kappa shape index (κ3) is 20.8. The quantitative estimate of drug-likeness (QED) is 0.378. The van der Waals surface area contributed by atoms with Crippen LogP contribution in [0.4, 0.5) is 4.39 Å². The molecule has 0 N–H and O–H groups in total. The van der Waals surface area contributed by atoms with E-state index < -0.39 is 7.15 Å². The Morgan fingerprint density at radius 2 is 1.48 bits per heavy atom. The average molecular weight is 407 g/mol. The summed E-state index contributed by atoms with van der Waals surface area (Å²) in [7, 11) is -1.00. The topological polar surface area (TPSA) is 26.3 Å². The van der Waals surface area contributed by atoms with Gasteiger partial charge in [-0.1, -0.05) is 38.5 Å². The van der Waals surface area contributed by atoms with E-state index in [4.69, 9.17) is 6.11 Å². The molecule has 0 spiro atoms. The summed E-state index contributed by atoms with van der Waals surface area (Å²) in [6.07, 6.45) is 19.3. The normalized spacial score (nSPS) is 20.3. The van der Waals surface area contributed by atoms with Crippen molar-refractivity contribution in [2.75, 3.05) is 20.4 Å². The number of carbonyl (C=O) groups is 1. The van der Waals surface area contributed by atoms with Gasteiger partial charge in [0.2, 0.25) is 0 Å². The summed E-state index contributed by atoms with van der Waals surface area (Å²) in [5, 5.41) is 0. The Labute approximate surface area is 171 Å². The Morgan fingerprint density at radius 1 is 1.00 bits per heavy atom. The zero-order chi connectivity index (χ0) is 16.3. The molecule has 0 radical (unpaired) electrons. The van der Waals surface area contributed by atoms with E-state index in [2.05, 4.69) is 6.42 Å². The van der Waals surface area contributed by atoms with Gasteiger partial charge in [0.1, 0.15) is 6.29 Å². The van der Waals surface area contributed by atoms with Crippen molar-refractivity contribution in [3.63, 3.8) is 0 Å². The van der Waals surface area contributed by atoms with Crippen LogP contribution in [0.15, 0.2) is 0 Å². The summed E-state index contributed by atoms with van der Waals surface area (Å²) >= 11 is 0. The van der Waals surface area contributed by atoms with E-state index in [1.54, 1.807) is 0 Å². The summed E-state index contributed by atoms with van der Waals surface area (Å²) < 4.78 is 20.4. The molecule has 3 fully saturated rings. The van der Waals surface area contributed by atoms with E-state index in [1.807, 2.05) is 0 Å². The van der Waals surface area contributed by atoms with Crippen molar-refractivity contribution in [2.24, 2.45) is 5.92 Å². The van der Waals surface area contributed by atoms with Crippen LogP contribution in [0.5, 0.6) is 0 Å². The van der Waals surface area contributed by atoms with E-state index >= 15 is 0 Å². The van der Waals surface area contributed by atoms with Crippen molar-refractivity contribution in [3.05, 3.63) is 6.42 Å². The summed E-state index contributed by atoms with van der Waals surface area (Å²) in [5.41, 5.74) is 0. The molecule has 0 unspecified atom stereocenters. The molecular weight excluding hydrogens is 371 g/mol. The maximum absolute atomic E-state index is 10.2. The molecule has 2 aliphatic carbocycles. The van der Waals surface area contributed by atoms with Crippen molar-refractivity contribution in [2.45, 2.75) is 77.0 Å². The summed E-state index contributed by atoms with van der Waals surface area (Å²) in [6.45, 7) is 2.00. The fourth-order valence-electron chi connectivity index (χ4n) is 2.68. The van der Waals surface area contributed by atoms with Gasteiger partial charge in [-0.05, 0) is 25.7 Å². The van der Waals surface area contributed by atoms with Gasteiger partial charge < -0.3 is 32.9 Å². The Hall–Kier alpha value is 0.806. The number of aldehydes is 1. The fraction of sp³-hybridized carbons (Fsp3) is 0.889. The van der Waals surface area contributed by atoms with Crippen LogP contribution >= 0.6 is 0 Å². The predicted molar refractivity (Wildman–Crippen MR) is 92.9 cm³/mol. The molecule has 5 heteroatoms. The third-order valence-electron chi connectivity index (χ3n) is 3.99. The van der Waals surface area contributed by atoms with Crippen molar-refractivity contribution in [3.8, 4) is 0 Å². The SMILES string of the molecule is C1CCOC1.O=CC1CCCCC1.[2H]CF.[Br-].[CH-]1CCCCC1.[Mg+2]. The maximum atomic E-state index is 10.2. The van der Waals surface area contributed by atoms with Crippen LogP contribution in [0, 0.1) is 12.3 Å². The van der Waals surface area contributed by atoms with Gasteiger partial charge in [-0.3, -0.25) is 4.39 Å². The van der Waals surface area contributed by atoms with Gasteiger partial charge in [-0.25, -0.2) is 0 Å². The van der Waals surface area contributed by atoms with Crippen molar-refractivity contribution in [1.29, 1.82) is 0 Å².